The molecule has 0 saturated carbocycles. The van der Waals surface area contributed by atoms with Crippen molar-refractivity contribution in [2.45, 2.75) is 36.8 Å². The van der Waals surface area contributed by atoms with Crippen molar-refractivity contribution in [2.75, 3.05) is 20.8 Å². The fourth-order valence-electron chi connectivity index (χ4n) is 1.72. The maximum Gasteiger partial charge on any atom is 0.185 e. The molecule has 1 rings (SSSR count). The molecule has 7 nitrogen and oxygen atoms in total. The molecule has 7 heteroatoms. The number of hydrogen-bond donors (Lipinski definition) is 4. The maximum atomic E-state index is 9.68. The van der Waals surface area contributed by atoms with Gasteiger partial charge in [-0.1, -0.05) is 0 Å². The van der Waals surface area contributed by atoms with Gasteiger partial charge in [0.2, 0.25) is 0 Å². The molecule has 0 aromatic heterocycles. The van der Waals surface area contributed by atoms with Crippen molar-refractivity contribution >= 4 is 0 Å². The number of aliphatic hydroxyl groups excluding tert-OH is 4. The first-order valence-corrected chi connectivity index (χ1v) is 4.93. The van der Waals surface area contributed by atoms with Crippen molar-refractivity contribution < 1.29 is 34.6 Å². The zero-order chi connectivity index (χ0) is 12.3. The molecule has 0 bridgehead atoms. The minimum Gasteiger partial charge on any atom is -0.394 e. The van der Waals surface area contributed by atoms with Crippen LogP contribution in [0.15, 0.2) is 0 Å². The smallest absolute Gasteiger partial charge is 0.185 e. The van der Waals surface area contributed by atoms with E-state index in [4.69, 9.17) is 19.3 Å². The molecule has 0 aromatic carbocycles. The number of ether oxygens (including phenoxy) is 3. The third kappa shape index (κ3) is 2.51. The van der Waals surface area contributed by atoms with Crippen LogP contribution in [0, 0.1) is 0 Å². The Morgan fingerprint density at radius 3 is 2.06 bits per heavy atom. The third-order valence-corrected chi connectivity index (χ3v) is 2.66. The van der Waals surface area contributed by atoms with Gasteiger partial charge in [0.1, 0.15) is 30.5 Å². The maximum absolute atomic E-state index is 9.68. The van der Waals surface area contributed by atoms with Crippen LogP contribution in [0.3, 0.4) is 0 Å². The summed E-state index contributed by atoms with van der Waals surface area (Å²) >= 11 is 0. The van der Waals surface area contributed by atoms with Gasteiger partial charge in [0.15, 0.2) is 6.29 Å². The van der Waals surface area contributed by atoms with Gasteiger partial charge in [0.05, 0.1) is 6.61 Å². The molecule has 1 heterocycles. The molecule has 0 spiro atoms. The van der Waals surface area contributed by atoms with Gasteiger partial charge < -0.3 is 34.6 Å². The summed E-state index contributed by atoms with van der Waals surface area (Å²) < 4.78 is 15.0. The largest absolute Gasteiger partial charge is 0.394 e. The molecule has 16 heavy (non-hydrogen) atoms. The quantitative estimate of drug-likeness (QED) is 0.399. The summed E-state index contributed by atoms with van der Waals surface area (Å²) in [5.74, 6) is 0. The fourth-order valence-corrected chi connectivity index (χ4v) is 1.72. The molecule has 96 valence electrons. The Morgan fingerprint density at radius 2 is 1.62 bits per heavy atom. The monoisotopic (exact) mass is 238 g/mol. The summed E-state index contributed by atoms with van der Waals surface area (Å²) in [6, 6.07) is 0. The number of methoxy groups -OCH3 is 2. The highest BCUT2D eigenvalue weighted by molar-refractivity contribution is 4.93. The molecule has 5 atom stereocenters. The number of aliphatic hydroxyl groups is 4. The van der Waals surface area contributed by atoms with E-state index in [0.717, 1.165) is 0 Å². The van der Waals surface area contributed by atoms with Crippen LogP contribution in [0.5, 0.6) is 0 Å². The van der Waals surface area contributed by atoms with Crippen LogP contribution >= 0.6 is 0 Å². The van der Waals surface area contributed by atoms with Crippen LogP contribution in [-0.4, -0.2) is 78.1 Å². The lowest BCUT2D eigenvalue weighted by molar-refractivity contribution is -0.287. The molecule has 0 amide bonds. The topological polar surface area (TPSA) is 109 Å². The van der Waals surface area contributed by atoms with Crippen LogP contribution in [-0.2, 0) is 14.2 Å². The normalized spacial score (nSPS) is 40.3. The molecular formula is C9H18O7. The summed E-state index contributed by atoms with van der Waals surface area (Å²) in [5.41, 5.74) is 0. The highest BCUT2D eigenvalue weighted by Gasteiger charge is 2.46. The van der Waals surface area contributed by atoms with E-state index >= 15 is 0 Å². The Morgan fingerprint density at radius 1 is 1.06 bits per heavy atom. The van der Waals surface area contributed by atoms with Crippen LogP contribution in [0.25, 0.3) is 0 Å². The fraction of sp³-hybridized carbons (Fsp3) is 1.00. The van der Waals surface area contributed by atoms with Crippen LogP contribution in [0.2, 0.25) is 0 Å². The summed E-state index contributed by atoms with van der Waals surface area (Å²) in [6.07, 6.45) is -6.93. The van der Waals surface area contributed by atoms with Crippen molar-refractivity contribution in [3.8, 4) is 0 Å². The van der Waals surface area contributed by atoms with Gasteiger partial charge in [-0.15, -0.1) is 0 Å². The van der Waals surface area contributed by atoms with Gasteiger partial charge in [-0.2, -0.15) is 0 Å². The molecule has 0 aliphatic carbocycles. The second-order valence-corrected chi connectivity index (χ2v) is 3.63. The first-order chi connectivity index (χ1) is 7.56. The van der Waals surface area contributed by atoms with Crippen molar-refractivity contribution in [1.29, 1.82) is 0 Å². The Hall–Kier alpha value is -0.280. The molecular weight excluding hydrogens is 220 g/mol. The highest BCUT2D eigenvalue weighted by Crippen LogP contribution is 2.24. The van der Waals surface area contributed by atoms with E-state index in [9.17, 15) is 15.3 Å². The summed E-state index contributed by atoms with van der Waals surface area (Å²) in [6.45, 7) is -0.471. The van der Waals surface area contributed by atoms with E-state index in [-0.39, 0.29) is 0 Å². The minimum atomic E-state index is -1.41. The molecule has 0 unspecified atom stereocenters. The molecule has 4 N–H and O–H groups in total. The van der Waals surface area contributed by atoms with Gasteiger partial charge in [0.25, 0.3) is 0 Å². The Kier molecular flexibility index (Phi) is 5.06. The van der Waals surface area contributed by atoms with Crippen LogP contribution < -0.4 is 0 Å². The standard InChI is InChI=1S/C9H18O7/c1-14-9(15-2)8-7(13)6(12)5(11)4(3-10)16-8/h4-13H,3H2,1-2H3/t4-,5-,6+,7+,8+/m1/s1. The molecule has 1 saturated heterocycles. The molecule has 0 aromatic rings. The number of rotatable bonds is 4. The summed E-state index contributed by atoms with van der Waals surface area (Å²) in [5, 5.41) is 37.7. The van der Waals surface area contributed by atoms with E-state index < -0.39 is 43.4 Å². The van der Waals surface area contributed by atoms with Crippen molar-refractivity contribution in [3.63, 3.8) is 0 Å². The van der Waals surface area contributed by atoms with Gasteiger partial charge in [-0.25, -0.2) is 0 Å². The first-order valence-electron chi connectivity index (χ1n) is 4.93. The predicted molar refractivity (Wildman–Crippen MR) is 51.6 cm³/mol. The van der Waals surface area contributed by atoms with Gasteiger partial charge >= 0.3 is 0 Å². The average molecular weight is 238 g/mol. The Bertz CT molecular complexity index is 203. The third-order valence-electron chi connectivity index (χ3n) is 2.66. The average Bonchev–Trinajstić information content (AvgIpc) is 2.30. The van der Waals surface area contributed by atoms with Crippen LogP contribution in [0.1, 0.15) is 0 Å². The molecule has 1 fully saturated rings. The first kappa shape index (κ1) is 13.8. The lowest BCUT2D eigenvalue weighted by Gasteiger charge is -2.41. The van der Waals surface area contributed by atoms with Gasteiger partial charge in [0, 0.05) is 14.2 Å². The Labute approximate surface area is 93.2 Å². The SMILES string of the molecule is COC(OC)[C@H]1O[C@H](CO)[C@@H](O)[C@H](O)[C@@H]1O. The van der Waals surface area contributed by atoms with E-state index in [1.54, 1.807) is 0 Å². The molecule has 0 radical (unpaired) electrons. The second kappa shape index (κ2) is 5.87. The van der Waals surface area contributed by atoms with Crippen molar-refractivity contribution in [1.82, 2.24) is 0 Å². The van der Waals surface area contributed by atoms with E-state index in [0.29, 0.717) is 0 Å². The Balaban J connectivity index is 2.77. The highest BCUT2D eigenvalue weighted by atomic mass is 16.7. The minimum absolute atomic E-state index is 0.471. The summed E-state index contributed by atoms with van der Waals surface area (Å²) in [4.78, 5) is 0. The van der Waals surface area contributed by atoms with Gasteiger partial charge in [-0.05, 0) is 0 Å². The lowest BCUT2D eigenvalue weighted by atomic mass is 9.95. The second-order valence-electron chi connectivity index (χ2n) is 3.63. The van der Waals surface area contributed by atoms with Crippen molar-refractivity contribution in [2.24, 2.45) is 0 Å². The van der Waals surface area contributed by atoms with Gasteiger partial charge in [-0.3, -0.25) is 0 Å². The lowest BCUT2D eigenvalue weighted by Crippen LogP contribution is -2.61. The van der Waals surface area contributed by atoms with Crippen molar-refractivity contribution in [3.05, 3.63) is 0 Å². The number of hydrogen-bond acceptors (Lipinski definition) is 7. The summed E-state index contributed by atoms with van der Waals surface area (Å²) in [7, 11) is 2.71. The molecule has 1 aliphatic heterocycles. The van der Waals surface area contributed by atoms with E-state index in [1.807, 2.05) is 0 Å². The predicted octanol–water partition coefficient (Wildman–Crippen LogP) is -2.55. The zero-order valence-corrected chi connectivity index (χ0v) is 9.18. The zero-order valence-electron chi connectivity index (χ0n) is 9.18. The van der Waals surface area contributed by atoms with Crippen LogP contribution in [0.4, 0.5) is 0 Å². The molecule has 1 aliphatic rings. The van der Waals surface area contributed by atoms with E-state index in [1.165, 1.54) is 14.2 Å². The van der Waals surface area contributed by atoms with E-state index in [2.05, 4.69) is 0 Å².